The van der Waals surface area contributed by atoms with E-state index < -0.39 is 40.7 Å². The van der Waals surface area contributed by atoms with Gasteiger partial charge < -0.3 is 10.1 Å². The van der Waals surface area contributed by atoms with Crippen LogP contribution in [0.4, 0.5) is 27.6 Å². The molecule has 1 N–H and O–H groups in total. The molecule has 2 aromatic carbocycles. The van der Waals surface area contributed by atoms with E-state index in [-0.39, 0.29) is 24.5 Å². The van der Waals surface area contributed by atoms with E-state index in [0.29, 0.717) is 10.8 Å². The first-order chi connectivity index (χ1) is 12.2. The predicted molar refractivity (Wildman–Crippen MR) is 86.1 cm³/mol. The van der Waals surface area contributed by atoms with Gasteiger partial charge in [-0.25, -0.2) is 22.0 Å². The van der Waals surface area contributed by atoms with E-state index in [4.69, 9.17) is 27.9 Å². The van der Waals surface area contributed by atoms with Gasteiger partial charge in [-0.05, 0) is 24.6 Å². The number of amides is 1. The highest BCUT2D eigenvalue weighted by Gasteiger charge is 2.26. The molecule has 0 fully saturated rings. The van der Waals surface area contributed by atoms with Crippen LogP contribution in [0.5, 0.6) is 5.75 Å². The summed E-state index contributed by atoms with van der Waals surface area (Å²) in [4.78, 5) is 11.7. The summed E-state index contributed by atoms with van der Waals surface area (Å²) in [5, 5.41) is 2.33. The van der Waals surface area contributed by atoms with Crippen molar-refractivity contribution in [3.8, 4) is 5.75 Å². The highest BCUT2D eigenvalue weighted by molar-refractivity contribution is 6.35. The Morgan fingerprint density at radius 1 is 0.962 bits per heavy atom. The zero-order valence-electron chi connectivity index (χ0n) is 12.8. The van der Waals surface area contributed by atoms with Crippen molar-refractivity contribution < 1.29 is 31.5 Å². The molecule has 0 spiro atoms. The lowest BCUT2D eigenvalue weighted by atomic mass is 10.2. The zero-order valence-corrected chi connectivity index (χ0v) is 14.3. The van der Waals surface area contributed by atoms with Crippen LogP contribution in [-0.2, 0) is 4.79 Å². The van der Waals surface area contributed by atoms with E-state index in [0.717, 1.165) is 0 Å². The number of halogens is 7. The second kappa shape index (κ2) is 8.55. The van der Waals surface area contributed by atoms with Gasteiger partial charge in [0, 0.05) is 11.4 Å². The lowest BCUT2D eigenvalue weighted by Crippen LogP contribution is -2.17. The summed E-state index contributed by atoms with van der Waals surface area (Å²) in [7, 11) is 0. The SMILES string of the molecule is O=C(CCCOc1ccc(Cl)cc1Cl)Nc1c(F)c(F)c(F)c(F)c1F. The van der Waals surface area contributed by atoms with Gasteiger partial charge in [0.1, 0.15) is 11.4 Å². The largest absolute Gasteiger partial charge is 0.492 e. The van der Waals surface area contributed by atoms with Gasteiger partial charge in [-0.1, -0.05) is 23.2 Å². The molecule has 2 rings (SSSR count). The third kappa shape index (κ3) is 4.56. The minimum atomic E-state index is -2.30. The number of anilines is 1. The van der Waals surface area contributed by atoms with Crippen molar-refractivity contribution in [3.63, 3.8) is 0 Å². The third-order valence-electron chi connectivity index (χ3n) is 3.17. The van der Waals surface area contributed by atoms with E-state index in [9.17, 15) is 26.7 Å². The number of nitrogens with one attached hydrogen (secondary N) is 1. The predicted octanol–water partition coefficient (Wildman–Crippen LogP) is 5.49. The van der Waals surface area contributed by atoms with E-state index >= 15 is 0 Å². The second-order valence-electron chi connectivity index (χ2n) is 5.02. The lowest BCUT2D eigenvalue weighted by Gasteiger charge is -2.10. The van der Waals surface area contributed by atoms with Gasteiger partial charge in [0.2, 0.25) is 11.7 Å². The Bertz CT molecular complexity index is 819. The van der Waals surface area contributed by atoms with Crippen LogP contribution in [0.2, 0.25) is 10.0 Å². The fourth-order valence-corrected chi connectivity index (χ4v) is 2.39. The van der Waals surface area contributed by atoms with Crippen LogP contribution in [0, 0.1) is 29.1 Å². The molecule has 0 heterocycles. The summed E-state index contributed by atoms with van der Waals surface area (Å²) in [6, 6.07) is 4.51. The summed E-state index contributed by atoms with van der Waals surface area (Å²) in [5.74, 6) is -11.4. The van der Waals surface area contributed by atoms with E-state index in [1.165, 1.54) is 12.1 Å². The molecule has 0 unspecified atom stereocenters. The molecule has 0 aliphatic rings. The van der Waals surface area contributed by atoms with Gasteiger partial charge in [-0.3, -0.25) is 4.79 Å². The first-order valence-corrected chi connectivity index (χ1v) is 7.87. The van der Waals surface area contributed by atoms with Crippen molar-refractivity contribution >= 4 is 34.8 Å². The minimum absolute atomic E-state index is 0.0197. The molecule has 140 valence electrons. The van der Waals surface area contributed by atoms with Gasteiger partial charge in [0.05, 0.1) is 11.6 Å². The highest BCUT2D eigenvalue weighted by Crippen LogP contribution is 2.28. The van der Waals surface area contributed by atoms with Gasteiger partial charge >= 0.3 is 0 Å². The molecular weight excluding hydrogens is 404 g/mol. The summed E-state index contributed by atoms with van der Waals surface area (Å²) in [6.07, 6.45) is -0.190. The van der Waals surface area contributed by atoms with E-state index in [1.807, 2.05) is 0 Å². The maximum Gasteiger partial charge on any atom is 0.224 e. The Hall–Kier alpha value is -2.06. The first-order valence-electron chi connectivity index (χ1n) is 7.11. The zero-order chi connectivity index (χ0) is 19.4. The molecule has 10 heteroatoms. The smallest absolute Gasteiger partial charge is 0.224 e. The van der Waals surface area contributed by atoms with E-state index in [1.54, 1.807) is 11.4 Å². The fourth-order valence-electron chi connectivity index (χ4n) is 1.92. The molecule has 0 aliphatic carbocycles. The first kappa shape index (κ1) is 20.3. The fraction of sp³-hybridized carbons (Fsp3) is 0.188. The molecule has 0 aliphatic heterocycles. The lowest BCUT2D eigenvalue weighted by molar-refractivity contribution is -0.116. The van der Waals surface area contributed by atoms with Gasteiger partial charge in [0.25, 0.3) is 0 Å². The minimum Gasteiger partial charge on any atom is -0.492 e. The Labute approximate surface area is 154 Å². The molecule has 0 saturated heterocycles. The standard InChI is InChI=1S/C16H10Cl2F5NO2/c17-7-3-4-9(8(18)6-7)26-5-1-2-10(25)24-16-14(22)12(20)11(19)13(21)15(16)23/h3-4,6H,1-2,5H2,(H,24,25). The Morgan fingerprint density at radius 2 is 1.54 bits per heavy atom. The summed E-state index contributed by atoms with van der Waals surface area (Å²) < 4.78 is 71.3. The quantitative estimate of drug-likeness (QED) is 0.294. The van der Waals surface area contributed by atoms with Crippen LogP contribution in [0.3, 0.4) is 0 Å². The van der Waals surface area contributed by atoms with Crippen LogP contribution in [0.15, 0.2) is 18.2 Å². The molecule has 0 radical (unpaired) electrons. The van der Waals surface area contributed by atoms with Crippen LogP contribution >= 0.6 is 23.2 Å². The number of hydrogen-bond donors (Lipinski definition) is 1. The maximum atomic E-state index is 13.5. The highest BCUT2D eigenvalue weighted by atomic mass is 35.5. The van der Waals surface area contributed by atoms with Crippen LogP contribution < -0.4 is 10.1 Å². The summed E-state index contributed by atoms with van der Waals surface area (Å²) in [6.45, 7) is 0.0197. The van der Waals surface area contributed by atoms with Gasteiger partial charge in [0.15, 0.2) is 23.3 Å². The number of ether oxygens (including phenoxy) is 1. The third-order valence-corrected chi connectivity index (χ3v) is 3.70. The Kier molecular flexibility index (Phi) is 6.66. The van der Waals surface area contributed by atoms with Crippen molar-refractivity contribution in [3.05, 3.63) is 57.3 Å². The number of benzene rings is 2. The summed E-state index contributed by atoms with van der Waals surface area (Å²) >= 11 is 11.6. The van der Waals surface area contributed by atoms with Crippen molar-refractivity contribution in [2.24, 2.45) is 0 Å². The average molecular weight is 414 g/mol. The molecule has 2 aromatic rings. The molecular formula is C16H10Cl2F5NO2. The van der Waals surface area contributed by atoms with Crippen LogP contribution in [0.1, 0.15) is 12.8 Å². The number of carbonyl (C=O) groups is 1. The van der Waals surface area contributed by atoms with Gasteiger partial charge in [-0.2, -0.15) is 0 Å². The number of rotatable bonds is 6. The second-order valence-corrected chi connectivity index (χ2v) is 5.86. The molecule has 3 nitrogen and oxygen atoms in total. The molecule has 26 heavy (non-hydrogen) atoms. The molecule has 0 atom stereocenters. The van der Waals surface area contributed by atoms with Gasteiger partial charge in [-0.15, -0.1) is 0 Å². The number of hydrogen-bond acceptors (Lipinski definition) is 2. The molecule has 1 amide bonds. The molecule has 0 aromatic heterocycles. The Morgan fingerprint density at radius 3 is 2.12 bits per heavy atom. The summed E-state index contributed by atoms with van der Waals surface area (Å²) in [5.41, 5.74) is -1.40. The van der Waals surface area contributed by atoms with Crippen molar-refractivity contribution in [1.29, 1.82) is 0 Å². The number of carbonyl (C=O) groups excluding carboxylic acids is 1. The van der Waals surface area contributed by atoms with Crippen LogP contribution in [-0.4, -0.2) is 12.5 Å². The maximum absolute atomic E-state index is 13.5. The molecule has 0 saturated carbocycles. The normalized spacial score (nSPS) is 10.7. The van der Waals surface area contributed by atoms with E-state index in [2.05, 4.69) is 0 Å². The van der Waals surface area contributed by atoms with Crippen LogP contribution in [0.25, 0.3) is 0 Å². The topological polar surface area (TPSA) is 38.3 Å². The van der Waals surface area contributed by atoms with Crippen molar-refractivity contribution in [2.45, 2.75) is 12.8 Å². The van der Waals surface area contributed by atoms with Crippen molar-refractivity contribution in [1.82, 2.24) is 0 Å². The monoisotopic (exact) mass is 413 g/mol. The Balaban J connectivity index is 1.92. The van der Waals surface area contributed by atoms with Crippen molar-refractivity contribution in [2.75, 3.05) is 11.9 Å². The average Bonchev–Trinajstić information content (AvgIpc) is 2.60. The molecule has 0 bridgehead atoms.